The lowest BCUT2D eigenvalue weighted by Gasteiger charge is -2.20. The van der Waals surface area contributed by atoms with Crippen LogP contribution in [0.15, 0.2) is 12.1 Å². The van der Waals surface area contributed by atoms with Gasteiger partial charge in [-0.15, -0.1) is 0 Å². The summed E-state index contributed by atoms with van der Waals surface area (Å²) in [5.74, 6) is 0.246. The SMILES string of the molecule is COc1cc2c(cc1O)NC1O[C@]13CCCN3C2=O. The van der Waals surface area contributed by atoms with Crippen molar-refractivity contribution in [3.63, 3.8) is 0 Å². The number of phenolic OH excluding ortho intramolecular Hbond substituents is 1. The molecule has 0 aliphatic carbocycles. The van der Waals surface area contributed by atoms with Crippen molar-refractivity contribution in [2.75, 3.05) is 19.0 Å². The van der Waals surface area contributed by atoms with E-state index >= 15 is 0 Å². The number of hydrogen-bond acceptors (Lipinski definition) is 5. The second kappa shape index (κ2) is 3.33. The van der Waals surface area contributed by atoms with Gasteiger partial charge in [0.2, 0.25) is 0 Å². The van der Waals surface area contributed by atoms with Crippen molar-refractivity contribution < 1.29 is 19.4 Å². The molecule has 3 aliphatic heterocycles. The third-order valence-corrected chi connectivity index (χ3v) is 4.13. The van der Waals surface area contributed by atoms with E-state index in [1.807, 2.05) is 0 Å². The summed E-state index contributed by atoms with van der Waals surface area (Å²) in [7, 11) is 1.47. The molecule has 1 aromatic carbocycles. The smallest absolute Gasteiger partial charge is 0.258 e. The van der Waals surface area contributed by atoms with Crippen LogP contribution < -0.4 is 10.1 Å². The molecular formula is C13H14N2O4. The van der Waals surface area contributed by atoms with Gasteiger partial charge in [0, 0.05) is 19.0 Å². The van der Waals surface area contributed by atoms with Gasteiger partial charge >= 0.3 is 0 Å². The molecule has 19 heavy (non-hydrogen) atoms. The monoisotopic (exact) mass is 262 g/mol. The second-order valence-corrected chi connectivity index (χ2v) is 5.12. The number of nitrogens with zero attached hydrogens (tertiary/aromatic N) is 1. The molecule has 2 saturated heterocycles. The molecule has 2 N–H and O–H groups in total. The van der Waals surface area contributed by atoms with E-state index in [0.29, 0.717) is 23.5 Å². The number of methoxy groups -OCH3 is 1. The highest BCUT2D eigenvalue weighted by Gasteiger charge is 2.66. The summed E-state index contributed by atoms with van der Waals surface area (Å²) in [5, 5.41) is 13.0. The molecule has 2 fully saturated rings. The van der Waals surface area contributed by atoms with Gasteiger partial charge in [0.1, 0.15) is 0 Å². The van der Waals surface area contributed by atoms with Gasteiger partial charge in [-0.2, -0.15) is 0 Å². The van der Waals surface area contributed by atoms with Crippen molar-refractivity contribution in [2.45, 2.75) is 24.8 Å². The normalized spacial score (nSPS) is 30.9. The Morgan fingerprint density at radius 1 is 1.58 bits per heavy atom. The average molecular weight is 262 g/mol. The summed E-state index contributed by atoms with van der Waals surface area (Å²) in [5.41, 5.74) is 0.644. The minimum absolute atomic E-state index is 0.0123. The predicted molar refractivity (Wildman–Crippen MR) is 66.2 cm³/mol. The molecule has 1 aromatic rings. The maximum absolute atomic E-state index is 12.6. The molecule has 2 atom stereocenters. The van der Waals surface area contributed by atoms with Crippen LogP contribution >= 0.6 is 0 Å². The number of epoxide rings is 1. The van der Waals surface area contributed by atoms with Gasteiger partial charge in [-0.1, -0.05) is 0 Å². The third kappa shape index (κ3) is 1.26. The van der Waals surface area contributed by atoms with Gasteiger partial charge in [0.25, 0.3) is 5.91 Å². The summed E-state index contributed by atoms with van der Waals surface area (Å²) in [4.78, 5) is 14.4. The standard InChI is InChI=1S/C13H14N2O4/c1-18-10-5-7-8(6-9(10)16)14-12-13(19-12)3-2-4-15(13)11(7)17/h5-6,12,14,16H,2-4H2,1H3/t12?,13-/m1/s1. The summed E-state index contributed by atoms with van der Waals surface area (Å²) in [6.45, 7) is 0.708. The Bertz CT molecular complexity index is 588. The Kier molecular flexibility index (Phi) is 1.91. The molecular weight excluding hydrogens is 248 g/mol. The fourth-order valence-electron chi connectivity index (χ4n) is 3.11. The molecule has 6 nitrogen and oxygen atoms in total. The zero-order valence-electron chi connectivity index (χ0n) is 10.5. The van der Waals surface area contributed by atoms with Crippen molar-refractivity contribution in [1.29, 1.82) is 0 Å². The van der Waals surface area contributed by atoms with Crippen molar-refractivity contribution >= 4 is 11.6 Å². The highest BCUT2D eigenvalue weighted by molar-refractivity contribution is 6.02. The molecule has 1 spiro atoms. The van der Waals surface area contributed by atoms with E-state index in [2.05, 4.69) is 5.32 Å². The van der Waals surface area contributed by atoms with Gasteiger partial charge < -0.3 is 24.8 Å². The molecule has 0 aromatic heterocycles. The summed E-state index contributed by atoms with van der Waals surface area (Å²) in [6, 6.07) is 3.10. The van der Waals surface area contributed by atoms with E-state index in [9.17, 15) is 9.90 Å². The number of nitrogens with one attached hydrogen (secondary N) is 1. The second-order valence-electron chi connectivity index (χ2n) is 5.12. The van der Waals surface area contributed by atoms with Crippen LogP contribution in [0.25, 0.3) is 0 Å². The summed E-state index contributed by atoms with van der Waals surface area (Å²) in [6.07, 6.45) is 1.63. The number of ether oxygens (including phenoxy) is 2. The van der Waals surface area contributed by atoms with Crippen LogP contribution in [0.3, 0.4) is 0 Å². The molecule has 4 rings (SSSR count). The van der Waals surface area contributed by atoms with E-state index in [-0.39, 0.29) is 17.9 Å². The molecule has 100 valence electrons. The first kappa shape index (κ1) is 10.9. The fraction of sp³-hybridized carbons (Fsp3) is 0.462. The Balaban J connectivity index is 1.85. The molecule has 6 heteroatoms. The van der Waals surface area contributed by atoms with Gasteiger partial charge in [-0.05, 0) is 12.5 Å². The zero-order valence-corrected chi connectivity index (χ0v) is 10.5. The first-order chi connectivity index (χ1) is 9.15. The van der Waals surface area contributed by atoms with Crippen molar-refractivity contribution in [2.24, 2.45) is 0 Å². The number of carbonyl (C=O) groups is 1. The van der Waals surface area contributed by atoms with E-state index in [1.54, 1.807) is 11.0 Å². The molecule has 1 amide bonds. The van der Waals surface area contributed by atoms with Gasteiger partial charge in [0.15, 0.2) is 23.5 Å². The lowest BCUT2D eigenvalue weighted by Crippen LogP contribution is -2.39. The van der Waals surface area contributed by atoms with Crippen LogP contribution in [0.1, 0.15) is 23.2 Å². The van der Waals surface area contributed by atoms with E-state index < -0.39 is 5.72 Å². The number of benzene rings is 1. The number of aromatic hydroxyl groups is 1. The number of amides is 1. The maximum Gasteiger partial charge on any atom is 0.258 e. The largest absolute Gasteiger partial charge is 0.504 e. The Morgan fingerprint density at radius 3 is 3.21 bits per heavy atom. The number of anilines is 1. The minimum atomic E-state index is -0.473. The van der Waals surface area contributed by atoms with Crippen LogP contribution in [-0.4, -0.2) is 41.5 Å². The van der Waals surface area contributed by atoms with Crippen molar-refractivity contribution in [1.82, 2.24) is 4.90 Å². The zero-order chi connectivity index (χ0) is 13.2. The molecule has 0 saturated carbocycles. The van der Waals surface area contributed by atoms with E-state index in [4.69, 9.17) is 9.47 Å². The number of fused-ring (bicyclic) bond motifs is 1. The van der Waals surface area contributed by atoms with Gasteiger partial charge in [-0.3, -0.25) is 4.79 Å². The molecule has 0 radical (unpaired) electrons. The molecule has 3 heterocycles. The van der Waals surface area contributed by atoms with Crippen molar-refractivity contribution in [3.05, 3.63) is 17.7 Å². The highest BCUT2D eigenvalue weighted by atomic mass is 16.7. The van der Waals surface area contributed by atoms with Crippen LogP contribution in [0.4, 0.5) is 5.69 Å². The van der Waals surface area contributed by atoms with Crippen LogP contribution in [-0.2, 0) is 4.74 Å². The van der Waals surface area contributed by atoms with Crippen molar-refractivity contribution in [3.8, 4) is 11.5 Å². The number of hydrogen-bond donors (Lipinski definition) is 2. The minimum Gasteiger partial charge on any atom is -0.504 e. The first-order valence-electron chi connectivity index (χ1n) is 6.33. The van der Waals surface area contributed by atoms with Crippen LogP contribution in [0, 0.1) is 0 Å². The summed E-state index contributed by atoms with van der Waals surface area (Å²) >= 11 is 0. The third-order valence-electron chi connectivity index (χ3n) is 4.13. The van der Waals surface area contributed by atoms with Gasteiger partial charge in [-0.25, -0.2) is 0 Å². The number of rotatable bonds is 1. The average Bonchev–Trinajstić information content (AvgIpc) is 2.91. The molecule has 3 aliphatic rings. The lowest BCUT2D eigenvalue weighted by atomic mass is 10.1. The Labute approximate surface area is 109 Å². The molecule has 0 bridgehead atoms. The van der Waals surface area contributed by atoms with Crippen LogP contribution in [0.2, 0.25) is 0 Å². The topological polar surface area (TPSA) is 74.3 Å². The maximum atomic E-state index is 12.6. The lowest BCUT2D eigenvalue weighted by molar-refractivity contribution is 0.0581. The van der Waals surface area contributed by atoms with E-state index in [1.165, 1.54) is 13.2 Å². The van der Waals surface area contributed by atoms with E-state index in [0.717, 1.165) is 12.8 Å². The predicted octanol–water partition coefficient (Wildman–Crippen LogP) is 1.11. The quantitative estimate of drug-likeness (QED) is 0.742. The summed E-state index contributed by atoms with van der Waals surface area (Å²) < 4.78 is 10.7. The Morgan fingerprint density at radius 2 is 2.42 bits per heavy atom. The van der Waals surface area contributed by atoms with Gasteiger partial charge in [0.05, 0.1) is 18.4 Å². The Hall–Kier alpha value is -1.95. The highest BCUT2D eigenvalue weighted by Crippen LogP contribution is 2.51. The first-order valence-corrected chi connectivity index (χ1v) is 6.33. The fourth-order valence-corrected chi connectivity index (χ4v) is 3.11. The number of phenols is 1. The molecule has 1 unspecified atom stereocenters. The number of carbonyl (C=O) groups excluding carboxylic acids is 1. The van der Waals surface area contributed by atoms with Crippen LogP contribution in [0.5, 0.6) is 11.5 Å².